The molecule has 1 rings (SSSR count). The van der Waals surface area contributed by atoms with Crippen molar-refractivity contribution in [3.8, 4) is 0 Å². The Hall–Kier alpha value is -1.06. The average molecular weight is 299 g/mol. The van der Waals surface area contributed by atoms with Crippen molar-refractivity contribution in [2.24, 2.45) is 5.73 Å². The summed E-state index contributed by atoms with van der Waals surface area (Å²) in [7, 11) is 0. The predicted molar refractivity (Wildman–Crippen MR) is 87.5 cm³/mol. The SMILES string of the molecule is CCCc1ccc(C(=O)NCC(N)(CC)CC)cc1.Cl. The fourth-order valence-corrected chi connectivity index (χ4v) is 1.97. The van der Waals surface area contributed by atoms with E-state index in [1.165, 1.54) is 5.56 Å². The molecule has 3 nitrogen and oxygen atoms in total. The molecule has 20 heavy (non-hydrogen) atoms. The monoisotopic (exact) mass is 298 g/mol. The van der Waals surface area contributed by atoms with Crippen LogP contribution in [0.1, 0.15) is 56.0 Å². The first-order valence-corrected chi connectivity index (χ1v) is 7.20. The van der Waals surface area contributed by atoms with Crippen molar-refractivity contribution in [3.05, 3.63) is 35.4 Å². The summed E-state index contributed by atoms with van der Waals surface area (Å²) in [6.45, 7) is 6.77. The fourth-order valence-electron chi connectivity index (χ4n) is 1.97. The van der Waals surface area contributed by atoms with Gasteiger partial charge in [0.15, 0.2) is 0 Å². The number of nitrogens with one attached hydrogen (secondary N) is 1. The van der Waals surface area contributed by atoms with Gasteiger partial charge >= 0.3 is 0 Å². The van der Waals surface area contributed by atoms with Crippen molar-refractivity contribution in [3.63, 3.8) is 0 Å². The summed E-state index contributed by atoms with van der Waals surface area (Å²) in [5.74, 6) is -0.0419. The van der Waals surface area contributed by atoms with Crippen LogP contribution in [0.3, 0.4) is 0 Å². The van der Waals surface area contributed by atoms with Crippen LogP contribution < -0.4 is 11.1 Å². The maximum absolute atomic E-state index is 12.0. The molecule has 0 saturated carbocycles. The van der Waals surface area contributed by atoms with Crippen molar-refractivity contribution in [1.82, 2.24) is 5.32 Å². The van der Waals surface area contributed by atoms with Crippen molar-refractivity contribution < 1.29 is 4.79 Å². The number of carbonyl (C=O) groups is 1. The molecule has 0 aliphatic heterocycles. The summed E-state index contributed by atoms with van der Waals surface area (Å²) >= 11 is 0. The minimum absolute atomic E-state index is 0. The van der Waals surface area contributed by atoms with Crippen molar-refractivity contribution in [2.45, 2.75) is 52.0 Å². The molecule has 0 spiro atoms. The van der Waals surface area contributed by atoms with E-state index in [9.17, 15) is 4.79 Å². The standard InChI is InChI=1S/C16H26N2O.ClH/c1-4-7-13-8-10-14(11-9-13)15(19)18-12-16(17,5-2)6-3;/h8-11H,4-7,12,17H2,1-3H3,(H,18,19);1H. The highest BCUT2D eigenvalue weighted by atomic mass is 35.5. The van der Waals surface area contributed by atoms with Crippen LogP contribution in [0.2, 0.25) is 0 Å². The molecule has 0 aliphatic rings. The molecule has 0 aliphatic carbocycles. The molecule has 0 unspecified atom stereocenters. The summed E-state index contributed by atoms with van der Waals surface area (Å²) in [5, 5.41) is 2.93. The Morgan fingerprint density at radius 3 is 2.15 bits per heavy atom. The second-order valence-corrected chi connectivity index (χ2v) is 5.20. The van der Waals surface area contributed by atoms with Crippen LogP contribution in [0.4, 0.5) is 0 Å². The second-order valence-electron chi connectivity index (χ2n) is 5.20. The van der Waals surface area contributed by atoms with E-state index in [2.05, 4.69) is 26.1 Å². The minimum atomic E-state index is -0.294. The molecule has 3 N–H and O–H groups in total. The lowest BCUT2D eigenvalue weighted by Gasteiger charge is -2.26. The van der Waals surface area contributed by atoms with Crippen LogP contribution in [0.15, 0.2) is 24.3 Å². The van der Waals surface area contributed by atoms with Crippen LogP contribution in [0.25, 0.3) is 0 Å². The number of rotatable bonds is 7. The topological polar surface area (TPSA) is 55.1 Å². The van der Waals surface area contributed by atoms with E-state index < -0.39 is 0 Å². The zero-order valence-electron chi connectivity index (χ0n) is 12.7. The lowest BCUT2D eigenvalue weighted by atomic mass is 9.94. The molecule has 0 radical (unpaired) electrons. The van der Waals surface area contributed by atoms with Gasteiger partial charge in [-0.15, -0.1) is 12.4 Å². The van der Waals surface area contributed by atoms with Gasteiger partial charge in [0.1, 0.15) is 0 Å². The number of halogens is 1. The van der Waals surface area contributed by atoms with Crippen molar-refractivity contribution in [1.29, 1.82) is 0 Å². The highest BCUT2D eigenvalue weighted by molar-refractivity contribution is 5.94. The molecule has 1 aromatic carbocycles. The fraction of sp³-hybridized carbons (Fsp3) is 0.562. The van der Waals surface area contributed by atoms with Crippen LogP contribution in [-0.2, 0) is 6.42 Å². The van der Waals surface area contributed by atoms with Crippen LogP contribution in [-0.4, -0.2) is 18.0 Å². The van der Waals surface area contributed by atoms with Gasteiger partial charge in [0.05, 0.1) is 0 Å². The average Bonchev–Trinajstić information content (AvgIpc) is 2.45. The maximum atomic E-state index is 12.0. The Labute approximate surface area is 128 Å². The first-order chi connectivity index (χ1) is 9.04. The summed E-state index contributed by atoms with van der Waals surface area (Å²) in [6.07, 6.45) is 3.89. The molecule has 0 bridgehead atoms. The molecule has 0 aromatic heterocycles. The van der Waals surface area contributed by atoms with Gasteiger partial charge in [-0.25, -0.2) is 0 Å². The normalized spacial score (nSPS) is 10.8. The molecular formula is C16H27ClN2O. The van der Waals surface area contributed by atoms with Gasteiger partial charge in [-0.05, 0) is 37.0 Å². The Bertz CT molecular complexity index is 399. The summed E-state index contributed by atoms with van der Waals surface area (Å²) in [5.41, 5.74) is 7.85. The number of amides is 1. The molecule has 1 aromatic rings. The highest BCUT2D eigenvalue weighted by Crippen LogP contribution is 2.11. The molecule has 0 heterocycles. The van der Waals surface area contributed by atoms with Gasteiger partial charge in [-0.1, -0.05) is 39.3 Å². The van der Waals surface area contributed by atoms with Crippen molar-refractivity contribution in [2.75, 3.05) is 6.54 Å². The zero-order valence-corrected chi connectivity index (χ0v) is 13.6. The van der Waals surface area contributed by atoms with Crippen molar-refractivity contribution >= 4 is 18.3 Å². The molecule has 4 heteroatoms. The Morgan fingerprint density at radius 2 is 1.70 bits per heavy atom. The third-order valence-corrected chi connectivity index (χ3v) is 3.76. The molecule has 0 fully saturated rings. The largest absolute Gasteiger partial charge is 0.350 e. The van der Waals surface area contributed by atoms with Gasteiger partial charge in [-0.2, -0.15) is 0 Å². The zero-order chi connectivity index (χ0) is 14.3. The summed E-state index contributed by atoms with van der Waals surface area (Å²) in [6, 6.07) is 7.81. The van der Waals surface area contributed by atoms with Gasteiger partial charge in [-0.3, -0.25) is 4.79 Å². The second kappa shape index (κ2) is 8.98. The number of nitrogens with two attached hydrogens (primary N) is 1. The van der Waals surface area contributed by atoms with Gasteiger partial charge in [0.25, 0.3) is 5.91 Å². The number of carbonyl (C=O) groups excluding carboxylic acids is 1. The first kappa shape index (κ1) is 18.9. The van der Waals surface area contributed by atoms with E-state index in [0.717, 1.165) is 25.7 Å². The molecular weight excluding hydrogens is 272 g/mol. The van der Waals surface area contributed by atoms with E-state index >= 15 is 0 Å². The third-order valence-electron chi connectivity index (χ3n) is 3.76. The Kier molecular flexibility index (Phi) is 8.51. The van der Waals surface area contributed by atoms with Crippen LogP contribution >= 0.6 is 12.4 Å². The molecule has 0 saturated heterocycles. The number of aryl methyl sites for hydroxylation is 1. The minimum Gasteiger partial charge on any atom is -0.350 e. The lowest BCUT2D eigenvalue weighted by molar-refractivity contribution is 0.0942. The first-order valence-electron chi connectivity index (χ1n) is 7.20. The van der Waals surface area contributed by atoms with E-state index in [4.69, 9.17) is 5.73 Å². The predicted octanol–water partition coefficient (Wildman–Crippen LogP) is 3.31. The van der Waals surface area contributed by atoms with Gasteiger partial charge in [0, 0.05) is 17.6 Å². The number of hydrogen-bond donors (Lipinski definition) is 2. The molecule has 0 atom stereocenters. The molecule has 114 valence electrons. The smallest absolute Gasteiger partial charge is 0.251 e. The Balaban J connectivity index is 0.00000361. The van der Waals surface area contributed by atoms with E-state index in [0.29, 0.717) is 12.1 Å². The van der Waals surface area contributed by atoms with Gasteiger partial charge < -0.3 is 11.1 Å². The summed E-state index contributed by atoms with van der Waals surface area (Å²) < 4.78 is 0. The number of hydrogen-bond acceptors (Lipinski definition) is 2. The quantitative estimate of drug-likeness (QED) is 0.811. The van der Waals surface area contributed by atoms with E-state index in [1.54, 1.807) is 0 Å². The van der Waals surface area contributed by atoms with E-state index in [1.807, 2.05) is 24.3 Å². The maximum Gasteiger partial charge on any atom is 0.251 e. The van der Waals surface area contributed by atoms with Gasteiger partial charge in [0.2, 0.25) is 0 Å². The van der Waals surface area contributed by atoms with Crippen LogP contribution in [0, 0.1) is 0 Å². The summed E-state index contributed by atoms with van der Waals surface area (Å²) in [4.78, 5) is 12.0. The molecule has 1 amide bonds. The lowest BCUT2D eigenvalue weighted by Crippen LogP contribution is -2.49. The van der Waals surface area contributed by atoms with E-state index in [-0.39, 0.29) is 23.9 Å². The third kappa shape index (κ3) is 5.51. The van der Waals surface area contributed by atoms with Crippen LogP contribution in [0.5, 0.6) is 0 Å². The Morgan fingerprint density at radius 1 is 1.15 bits per heavy atom. The number of benzene rings is 1. The highest BCUT2D eigenvalue weighted by Gasteiger charge is 2.21.